The molecule has 0 bridgehead atoms. The fraction of sp³-hybridized carbons (Fsp3) is 0.692. The zero-order valence-electron chi connectivity index (χ0n) is 11.6. The molecule has 2 rings (SSSR count). The van der Waals surface area contributed by atoms with Crippen LogP contribution in [-0.2, 0) is 0 Å². The number of aromatic nitrogens is 1. The predicted octanol–water partition coefficient (Wildman–Crippen LogP) is 2.10. The van der Waals surface area contributed by atoms with Gasteiger partial charge < -0.3 is 16.0 Å². The van der Waals surface area contributed by atoms with Crippen molar-refractivity contribution < 1.29 is 4.79 Å². The van der Waals surface area contributed by atoms with E-state index in [4.69, 9.17) is 5.73 Å². The number of thiazole rings is 1. The Balaban J connectivity index is 1.92. The molecule has 1 aromatic heterocycles. The lowest BCUT2D eigenvalue weighted by Gasteiger charge is -2.13. The van der Waals surface area contributed by atoms with Crippen molar-refractivity contribution in [3.63, 3.8) is 0 Å². The molecule has 0 saturated heterocycles. The van der Waals surface area contributed by atoms with Gasteiger partial charge in [0.15, 0.2) is 5.13 Å². The molecule has 0 atom stereocenters. The number of carbonyl (C=O) groups is 1. The van der Waals surface area contributed by atoms with Crippen LogP contribution in [0.1, 0.15) is 42.3 Å². The van der Waals surface area contributed by atoms with Crippen LogP contribution in [-0.4, -0.2) is 31.0 Å². The Morgan fingerprint density at radius 3 is 2.95 bits per heavy atom. The van der Waals surface area contributed by atoms with E-state index < -0.39 is 0 Å². The molecule has 1 amide bonds. The fourth-order valence-corrected chi connectivity index (χ4v) is 2.84. The summed E-state index contributed by atoms with van der Waals surface area (Å²) in [4.78, 5) is 18.9. The molecule has 1 saturated carbocycles. The summed E-state index contributed by atoms with van der Waals surface area (Å²) in [6, 6.07) is 0. The number of hydrogen-bond donors (Lipinski definition) is 2. The highest BCUT2D eigenvalue weighted by Crippen LogP contribution is 2.32. The highest BCUT2D eigenvalue weighted by Gasteiger charge is 2.22. The molecule has 106 valence electrons. The number of rotatable bonds is 7. The first-order chi connectivity index (χ1) is 9.11. The van der Waals surface area contributed by atoms with Crippen LogP contribution in [0.25, 0.3) is 0 Å². The second kappa shape index (κ2) is 6.23. The second-order valence-electron chi connectivity index (χ2n) is 5.12. The number of carbonyl (C=O) groups excluding carboxylic acids is 1. The summed E-state index contributed by atoms with van der Waals surface area (Å²) < 4.78 is 0. The van der Waals surface area contributed by atoms with Crippen LogP contribution in [0.5, 0.6) is 0 Å². The van der Waals surface area contributed by atoms with Crippen molar-refractivity contribution in [1.82, 2.24) is 10.3 Å². The molecule has 5 nitrogen and oxygen atoms in total. The number of nitrogen functional groups attached to an aromatic ring is 1. The number of amides is 1. The van der Waals surface area contributed by atoms with E-state index in [0.717, 1.165) is 37.0 Å². The van der Waals surface area contributed by atoms with Gasteiger partial charge in [0.05, 0.1) is 0 Å². The van der Waals surface area contributed by atoms with Gasteiger partial charge in [-0.1, -0.05) is 31.1 Å². The molecule has 3 N–H and O–H groups in total. The summed E-state index contributed by atoms with van der Waals surface area (Å²) in [6.07, 6.45) is 4.74. The van der Waals surface area contributed by atoms with Crippen LogP contribution in [0.15, 0.2) is 0 Å². The summed E-state index contributed by atoms with van der Waals surface area (Å²) in [7, 11) is 1.97. The van der Waals surface area contributed by atoms with Crippen LogP contribution in [0.4, 0.5) is 10.9 Å². The highest BCUT2D eigenvalue weighted by molar-refractivity contribution is 7.18. The number of nitrogens with two attached hydrogens (primary N) is 1. The molecule has 6 heteroatoms. The van der Waals surface area contributed by atoms with E-state index in [1.54, 1.807) is 0 Å². The van der Waals surface area contributed by atoms with Gasteiger partial charge in [0.25, 0.3) is 5.91 Å². The molecule has 0 spiro atoms. The second-order valence-corrected chi connectivity index (χ2v) is 6.10. The number of nitrogens with one attached hydrogen (secondary N) is 1. The Labute approximate surface area is 118 Å². The molecular weight excluding hydrogens is 260 g/mol. The third-order valence-corrected chi connectivity index (χ3v) is 4.45. The van der Waals surface area contributed by atoms with Crippen molar-refractivity contribution in [2.24, 2.45) is 5.92 Å². The van der Waals surface area contributed by atoms with Crippen molar-refractivity contribution in [1.29, 1.82) is 0 Å². The maximum atomic E-state index is 12.0. The highest BCUT2D eigenvalue weighted by atomic mass is 32.1. The molecule has 0 aliphatic heterocycles. The molecule has 1 aliphatic carbocycles. The Kier molecular flexibility index (Phi) is 4.63. The largest absolute Gasteiger partial charge is 0.382 e. The molecule has 1 fully saturated rings. The molecule has 0 radical (unpaired) electrons. The molecule has 0 aromatic carbocycles. The Morgan fingerprint density at radius 1 is 1.58 bits per heavy atom. The van der Waals surface area contributed by atoms with Crippen molar-refractivity contribution in [2.45, 2.75) is 32.6 Å². The Bertz CT molecular complexity index is 442. The van der Waals surface area contributed by atoms with Gasteiger partial charge in [0, 0.05) is 20.1 Å². The van der Waals surface area contributed by atoms with Crippen molar-refractivity contribution in [3.8, 4) is 0 Å². The Morgan fingerprint density at radius 2 is 2.32 bits per heavy atom. The average molecular weight is 282 g/mol. The van der Waals surface area contributed by atoms with Gasteiger partial charge >= 0.3 is 0 Å². The van der Waals surface area contributed by atoms with Crippen LogP contribution >= 0.6 is 11.3 Å². The fourth-order valence-electron chi connectivity index (χ4n) is 1.95. The Hall–Kier alpha value is -1.30. The smallest absolute Gasteiger partial charge is 0.265 e. The van der Waals surface area contributed by atoms with E-state index in [1.165, 1.54) is 24.2 Å². The van der Waals surface area contributed by atoms with Gasteiger partial charge in [-0.2, -0.15) is 0 Å². The lowest BCUT2D eigenvalue weighted by Crippen LogP contribution is -2.24. The monoisotopic (exact) mass is 282 g/mol. The van der Waals surface area contributed by atoms with Crippen LogP contribution < -0.4 is 16.0 Å². The molecule has 0 unspecified atom stereocenters. The lowest BCUT2D eigenvalue weighted by atomic mass is 10.3. The van der Waals surface area contributed by atoms with Crippen LogP contribution in [0, 0.1) is 5.92 Å². The summed E-state index contributed by atoms with van der Waals surface area (Å²) in [6.45, 7) is 3.76. The van der Waals surface area contributed by atoms with Crippen LogP contribution in [0.2, 0.25) is 0 Å². The van der Waals surface area contributed by atoms with E-state index >= 15 is 0 Å². The van der Waals surface area contributed by atoms with E-state index in [9.17, 15) is 4.79 Å². The predicted molar refractivity (Wildman–Crippen MR) is 79.8 cm³/mol. The van der Waals surface area contributed by atoms with E-state index in [-0.39, 0.29) is 5.91 Å². The summed E-state index contributed by atoms with van der Waals surface area (Å²) >= 11 is 1.37. The van der Waals surface area contributed by atoms with Gasteiger partial charge in [0.2, 0.25) is 0 Å². The first-order valence-corrected chi connectivity index (χ1v) is 7.69. The third kappa shape index (κ3) is 3.83. The van der Waals surface area contributed by atoms with Crippen molar-refractivity contribution in [3.05, 3.63) is 4.88 Å². The molecule has 1 aliphatic rings. The van der Waals surface area contributed by atoms with E-state index in [0.29, 0.717) is 10.7 Å². The van der Waals surface area contributed by atoms with Crippen molar-refractivity contribution in [2.75, 3.05) is 30.8 Å². The zero-order chi connectivity index (χ0) is 13.8. The summed E-state index contributed by atoms with van der Waals surface area (Å²) in [5.74, 6) is 1.07. The molecular formula is C13H22N4OS. The van der Waals surface area contributed by atoms with Gasteiger partial charge in [-0.15, -0.1) is 0 Å². The lowest BCUT2D eigenvalue weighted by molar-refractivity contribution is 0.0957. The third-order valence-electron chi connectivity index (χ3n) is 3.27. The summed E-state index contributed by atoms with van der Waals surface area (Å²) in [5, 5.41) is 3.74. The average Bonchev–Trinajstić information content (AvgIpc) is 3.10. The van der Waals surface area contributed by atoms with Gasteiger partial charge in [0.1, 0.15) is 10.7 Å². The molecule has 1 heterocycles. The van der Waals surface area contributed by atoms with Crippen molar-refractivity contribution >= 4 is 28.2 Å². The molecule has 1 aromatic rings. The normalized spacial score (nSPS) is 14.4. The quantitative estimate of drug-likeness (QED) is 0.803. The zero-order valence-corrected chi connectivity index (χ0v) is 12.4. The van der Waals surface area contributed by atoms with E-state index in [1.807, 2.05) is 11.9 Å². The standard InChI is InChI=1S/C13H22N4OS/c1-3-8-17(2)13-16-11(14)10(19-13)12(18)15-7-6-9-4-5-9/h9H,3-8,14H2,1-2H3,(H,15,18). The minimum absolute atomic E-state index is 0.0909. The number of hydrogen-bond acceptors (Lipinski definition) is 5. The van der Waals surface area contributed by atoms with Gasteiger partial charge in [-0.05, 0) is 18.8 Å². The first kappa shape index (κ1) is 14.1. The number of nitrogens with zero attached hydrogens (tertiary/aromatic N) is 2. The maximum Gasteiger partial charge on any atom is 0.265 e. The maximum absolute atomic E-state index is 12.0. The van der Waals surface area contributed by atoms with Gasteiger partial charge in [-0.25, -0.2) is 4.98 Å². The van der Waals surface area contributed by atoms with E-state index in [2.05, 4.69) is 17.2 Å². The topological polar surface area (TPSA) is 71.2 Å². The minimum atomic E-state index is -0.0909. The molecule has 19 heavy (non-hydrogen) atoms. The SMILES string of the molecule is CCCN(C)c1nc(N)c(C(=O)NCCC2CC2)s1. The number of anilines is 2. The van der Waals surface area contributed by atoms with Gasteiger partial charge in [-0.3, -0.25) is 4.79 Å². The first-order valence-electron chi connectivity index (χ1n) is 6.87. The minimum Gasteiger partial charge on any atom is -0.382 e. The summed E-state index contributed by atoms with van der Waals surface area (Å²) in [5.41, 5.74) is 5.83. The van der Waals surface area contributed by atoms with Crippen LogP contribution in [0.3, 0.4) is 0 Å².